The maximum absolute atomic E-state index is 12.7. The van der Waals surface area contributed by atoms with Crippen molar-refractivity contribution in [2.75, 3.05) is 5.73 Å². The molecule has 0 fully saturated rings. The molecule has 1 aromatic heterocycles. The largest absolute Gasteiger partial charge is 0.505 e. The number of benzene rings is 1. The van der Waals surface area contributed by atoms with E-state index in [1.807, 2.05) is 26.0 Å². The van der Waals surface area contributed by atoms with Crippen LogP contribution in [0.1, 0.15) is 29.8 Å². The van der Waals surface area contributed by atoms with E-state index in [0.717, 1.165) is 5.56 Å². The van der Waals surface area contributed by atoms with Crippen LogP contribution in [0.5, 0.6) is 5.75 Å². The van der Waals surface area contributed by atoms with Crippen molar-refractivity contribution in [1.82, 2.24) is 9.88 Å². The Morgan fingerprint density at radius 1 is 1.33 bits per heavy atom. The van der Waals surface area contributed by atoms with Gasteiger partial charge in [0.05, 0.1) is 11.3 Å². The minimum absolute atomic E-state index is 0.0152. The van der Waals surface area contributed by atoms with Crippen LogP contribution >= 0.6 is 0 Å². The topological polar surface area (TPSA) is 79.5 Å². The van der Waals surface area contributed by atoms with Gasteiger partial charge in [0.1, 0.15) is 0 Å². The van der Waals surface area contributed by atoms with Crippen LogP contribution in [0.4, 0.5) is 5.69 Å². The summed E-state index contributed by atoms with van der Waals surface area (Å²) in [5, 5.41) is 9.98. The molecule has 110 valence electrons. The Balaban J connectivity index is 2.30. The van der Waals surface area contributed by atoms with Crippen LogP contribution in [0, 0.1) is 0 Å². The first-order chi connectivity index (χ1) is 10.0. The number of carbonyl (C=O) groups excluding carboxylic acids is 1. The number of para-hydroxylation sites is 1. The van der Waals surface area contributed by atoms with Gasteiger partial charge >= 0.3 is 0 Å². The highest BCUT2D eigenvalue weighted by atomic mass is 16.3. The van der Waals surface area contributed by atoms with E-state index < -0.39 is 0 Å². The molecule has 0 atom stereocenters. The smallest absolute Gasteiger partial charge is 0.258 e. The van der Waals surface area contributed by atoms with Gasteiger partial charge in [-0.1, -0.05) is 12.1 Å². The quantitative estimate of drug-likeness (QED) is 0.668. The molecule has 0 radical (unpaired) electrons. The summed E-state index contributed by atoms with van der Waals surface area (Å²) in [6.07, 6.45) is 3.41. The van der Waals surface area contributed by atoms with E-state index in [-0.39, 0.29) is 28.9 Å². The maximum Gasteiger partial charge on any atom is 0.258 e. The van der Waals surface area contributed by atoms with Gasteiger partial charge in [0.25, 0.3) is 5.91 Å². The number of nitrogens with two attached hydrogens (primary N) is 1. The molecule has 21 heavy (non-hydrogen) atoms. The van der Waals surface area contributed by atoms with Crippen LogP contribution in [0.3, 0.4) is 0 Å². The number of rotatable bonds is 4. The number of hydrogen-bond donors (Lipinski definition) is 2. The summed E-state index contributed by atoms with van der Waals surface area (Å²) < 4.78 is 0. The third-order valence-corrected chi connectivity index (χ3v) is 3.26. The lowest BCUT2D eigenvalue weighted by atomic mass is 10.1. The van der Waals surface area contributed by atoms with E-state index in [4.69, 9.17) is 5.73 Å². The van der Waals surface area contributed by atoms with Crippen LogP contribution in [-0.4, -0.2) is 26.9 Å². The molecule has 0 bridgehead atoms. The van der Waals surface area contributed by atoms with Gasteiger partial charge in [-0.25, -0.2) is 0 Å². The summed E-state index contributed by atoms with van der Waals surface area (Å²) in [7, 11) is 0. The molecule has 2 aromatic rings. The lowest BCUT2D eigenvalue weighted by molar-refractivity contribution is 0.0687. The molecule has 5 heteroatoms. The van der Waals surface area contributed by atoms with E-state index in [2.05, 4.69) is 4.98 Å². The first kappa shape index (κ1) is 14.8. The SMILES string of the molecule is CC(C)N(Cc1cccnc1)C(=O)c1cccc(N)c1O. The Kier molecular flexibility index (Phi) is 4.42. The third kappa shape index (κ3) is 3.31. The Morgan fingerprint density at radius 2 is 2.10 bits per heavy atom. The fraction of sp³-hybridized carbons (Fsp3) is 0.250. The summed E-state index contributed by atoms with van der Waals surface area (Å²) >= 11 is 0. The van der Waals surface area contributed by atoms with Crippen molar-refractivity contribution in [3.05, 3.63) is 53.9 Å². The first-order valence-corrected chi connectivity index (χ1v) is 6.78. The number of hydrogen-bond acceptors (Lipinski definition) is 4. The van der Waals surface area contributed by atoms with Crippen molar-refractivity contribution in [1.29, 1.82) is 0 Å². The van der Waals surface area contributed by atoms with Gasteiger partial charge in [-0.15, -0.1) is 0 Å². The molecule has 3 N–H and O–H groups in total. The number of aromatic hydroxyl groups is 1. The summed E-state index contributed by atoms with van der Waals surface area (Å²) in [6.45, 7) is 4.29. The molecular weight excluding hydrogens is 266 g/mol. The number of phenols is 1. The number of amides is 1. The summed E-state index contributed by atoms with van der Waals surface area (Å²) in [5.74, 6) is -0.419. The summed E-state index contributed by atoms with van der Waals surface area (Å²) in [5.41, 5.74) is 7.01. The molecule has 1 amide bonds. The molecule has 0 saturated carbocycles. The average Bonchev–Trinajstić information content (AvgIpc) is 2.48. The number of nitrogens with zero attached hydrogens (tertiary/aromatic N) is 2. The van der Waals surface area contributed by atoms with Gasteiger partial charge in [-0.05, 0) is 37.6 Å². The van der Waals surface area contributed by atoms with E-state index in [0.29, 0.717) is 6.54 Å². The van der Waals surface area contributed by atoms with Gasteiger partial charge in [-0.3, -0.25) is 9.78 Å². The van der Waals surface area contributed by atoms with E-state index in [1.165, 1.54) is 0 Å². The van der Waals surface area contributed by atoms with Crippen molar-refractivity contribution in [3.8, 4) is 5.75 Å². The van der Waals surface area contributed by atoms with Gasteiger partial charge in [0.2, 0.25) is 0 Å². The molecule has 0 saturated heterocycles. The zero-order valence-electron chi connectivity index (χ0n) is 12.2. The maximum atomic E-state index is 12.7. The highest BCUT2D eigenvalue weighted by Gasteiger charge is 2.22. The highest BCUT2D eigenvalue weighted by molar-refractivity contribution is 5.98. The predicted octanol–water partition coefficient (Wildman–Crippen LogP) is 2.42. The lowest BCUT2D eigenvalue weighted by Crippen LogP contribution is -2.36. The van der Waals surface area contributed by atoms with Crippen molar-refractivity contribution < 1.29 is 9.90 Å². The molecule has 1 heterocycles. The number of carbonyl (C=O) groups is 1. The van der Waals surface area contributed by atoms with Crippen LogP contribution in [0.25, 0.3) is 0 Å². The molecule has 0 spiro atoms. The van der Waals surface area contributed by atoms with Crippen molar-refractivity contribution >= 4 is 11.6 Å². The Labute approximate surface area is 124 Å². The van der Waals surface area contributed by atoms with Gasteiger partial charge in [0, 0.05) is 25.0 Å². The first-order valence-electron chi connectivity index (χ1n) is 6.78. The van der Waals surface area contributed by atoms with Gasteiger partial charge < -0.3 is 15.7 Å². The van der Waals surface area contributed by atoms with Crippen molar-refractivity contribution in [2.24, 2.45) is 0 Å². The monoisotopic (exact) mass is 285 g/mol. The molecule has 2 rings (SSSR count). The minimum atomic E-state index is -0.251. The molecule has 0 aliphatic heterocycles. The fourth-order valence-corrected chi connectivity index (χ4v) is 2.07. The summed E-state index contributed by atoms with van der Waals surface area (Å²) in [6, 6.07) is 8.52. The van der Waals surface area contributed by atoms with Crippen LogP contribution in [0.15, 0.2) is 42.7 Å². The standard InChI is InChI=1S/C16H19N3O2/c1-11(2)19(10-12-5-4-8-18-9-12)16(21)13-6-3-7-14(17)15(13)20/h3-9,11,20H,10,17H2,1-2H3. The van der Waals surface area contributed by atoms with E-state index >= 15 is 0 Å². The van der Waals surface area contributed by atoms with Crippen LogP contribution in [-0.2, 0) is 6.54 Å². The van der Waals surface area contributed by atoms with E-state index in [9.17, 15) is 9.90 Å². The number of nitrogen functional groups attached to an aromatic ring is 1. The van der Waals surface area contributed by atoms with Crippen LogP contribution in [0.2, 0.25) is 0 Å². The predicted molar refractivity (Wildman–Crippen MR) is 81.8 cm³/mol. The normalized spacial score (nSPS) is 10.6. The molecule has 0 aliphatic carbocycles. The third-order valence-electron chi connectivity index (χ3n) is 3.26. The van der Waals surface area contributed by atoms with Gasteiger partial charge in [0.15, 0.2) is 5.75 Å². The molecular formula is C16H19N3O2. The number of phenolic OH excluding ortho intramolecular Hbond substituents is 1. The Morgan fingerprint density at radius 3 is 2.71 bits per heavy atom. The summed E-state index contributed by atoms with van der Waals surface area (Å²) in [4.78, 5) is 18.4. The zero-order chi connectivity index (χ0) is 15.4. The van der Waals surface area contributed by atoms with Crippen molar-refractivity contribution in [3.63, 3.8) is 0 Å². The van der Waals surface area contributed by atoms with E-state index in [1.54, 1.807) is 35.5 Å². The molecule has 0 aliphatic rings. The lowest BCUT2D eigenvalue weighted by Gasteiger charge is -2.27. The Bertz CT molecular complexity index is 627. The molecule has 1 aromatic carbocycles. The second kappa shape index (κ2) is 6.26. The number of pyridine rings is 1. The van der Waals surface area contributed by atoms with Crippen molar-refractivity contribution in [2.45, 2.75) is 26.4 Å². The molecule has 5 nitrogen and oxygen atoms in total. The molecule has 0 unspecified atom stereocenters. The minimum Gasteiger partial charge on any atom is -0.505 e. The zero-order valence-corrected chi connectivity index (χ0v) is 12.2. The van der Waals surface area contributed by atoms with Crippen LogP contribution < -0.4 is 5.73 Å². The second-order valence-corrected chi connectivity index (χ2v) is 5.13. The number of aromatic nitrogens is 1. The highest BCUT2D eigenvalue weighted by Crippen LogP contribution is 2.26. The number of anilines is 1. The fourth-order valence-electron chi connectivity index (χ4n) is 2.07. The van der Waals surface area contributed by atoms with Gasteiger partial charge in [-0.2, -0.15) is 0 Å². The average molecular weight is 285 g/mol. The Hall–Kier alpha value is -2.56. The second-order valence-electron chi connectivity index (χ2n) is 5.13.